The van der Waals surface area contributed by atoms with Gasteiger partial charge in [0, 0.05) is 5.92 Å². The van der Waals surface area contributed by atoms with Crippen LogP contribution in [0.4, 0.5) is 0 Å². The first kappa shape index (κ1) is 18.1. The Bertz CT molecular complexity index is 576. The second-order valence-electron chi connectivity index (χ2n) is 9.52. The lowest BCUT2D eigenvalue weighted by Crippen LogP contribution is -2.43. The molecule has 0 spiro atoms. The molecule has 0 amide bonds. The van der Waals surface area contributed by atoms with E-state index in [4.69, 9.17) is 0 Å². The number of hydrogen-bond acceptors (Lipinski definition) is 4. The van der Waals surface area contributed by atoms with Gasteiger partial charge in [-0.2, -0.15) is 0 Å². The Balaban J connectivity index is 2.02. The molecule has 3 N–H and O–H groups in total. The van der Waals surface area contributed by atoms with Gasteiger partial charge in [0.05, 0.1) is 11.7 Å². The minimum absolute atomic E-state index is 0.193. The van der Waals surface area contributed by atoms with Gasteiger partial charge >= 0.3 is 0 Å². The summed E-state index contributed by atoms with van der Waals surface area (Å²) in [6.07, 6.45) is 3.20. The minimum Gasteiger partial charge on any atom is -0.388 e. The number of Topliss-reactive ketones (excluding diaryl/α,β-unsaturated/α-hetero) is 1. The van der Waals surface area contributed by atoms with Crippen molar-refractivity contribution in [2.45, 2.75) is 77.6 Å². The standard InChI is InChI=1S/C20H32O4/c1-11-8-14-13(18(14,3)4)6-7-19(5,23)10-15-16(21)12(2)9-20(15,24)17(11)22/h10-14,16,21,23-24H,6-9H2,1-5H3/b15-10-/t11-,12-,13-,14+,16+,19-,20-/m0/s1. The second-order valence-corrected chi connectivity index (χ2v) is 9.52. The van der Waals surface area contributed by atoms with Crippen molar-refractivity contribution in [3.8, 4) is 0 Å². The molecule has 0 aromatic heterocycles. The number of rotatable bonds is 0. The van der Waals surface area contributed by atoms with Gasteiger partial charge in [-0.25, -0.2) is 0 Å². The Labute approximate surface area is 145 Å². The molecule has 0 aromatic rings. The molecule has 2 saturated carbocycles. The van der Waals surface area contributed by atoms with E-state index in [0.717, 1.165) is 12.8 Å². The number of aliphatic hydroxyl groups is 3. The summed E-state index contributed by atoms with van der Waals surface area (Å²) < 4.78 is 0. The quantitative estimate of drug-likeness (QED) is 0.594. The molecule has 0 saturated heterocycles. The van der Waals surface area contributed by atoms with Crippen molar-refractivity contribution in [2.24, 2.45) is 29.1 Å². The van der Waals surface area contributed by atoms with E-state index in [1.807, 2.05) is 13.8 Å². The fraction of sp³-hybridized carbons (Fsp3) is 0.850. The number of carbonyl (C=O) groups excluding carboxylic acids is 1. The van der Waals surface area contributed by atoms with Crippen LogP contribution in [0.5, 0.6) is 0 Å². The van der Waals surface area contributed by atoms with Gasteiger partial charge in [-0.1, -0.05) is 27.7 Å². The number of fused-ring (bicyclic) bond motifs is 2. The van der Waals surface area contributed by atoms with E-state index in [9.17, 15) is 20.1 Å². The van der Waals surface area contributed by atoms with E-state index < -0.39 is 17.3 Å². The number of ketones is 1. The highest BCUT2D eigenvalue weighted by Crippen LogP contribution is 2.63. The van der Waals surface area contributed by atoms with Crippen LogP contribution >= 0.6 is 0 Å². The highest BCUT2D eigenvalue weighted by molar-refractivity contribution is 5.93. The van der Waals surface area contributed by atoms with E-state index in [2.05, 4.69) is 13.8 Å². The fourth-order valence-corrected chi connectivity index (χ4v) is 5.34. The first-order valence-corrected chi connectivity index (χ1v) is 9.30. The van der Waals surface area contributed by atoms with Gasteiger partial charge < -0.3 is 15.3 Å². The summed E-state index contributed by atoms with van der Waals surface area (Å²) in [6, 6.07) is 0. The summed E-state index contributed by atoms with van der Waals surface area (Å²) in [6.45, 7) is 9.92. The summed E-state index contributed by atoms with van der Waals surface area (Å²) in [7, 11) is 0. The minimum atomic E-state index is -1.64. The first-order valence-electron chi connectivity index (χ1n) is 9.30. The largest absolute Gasteiger partial charge is 0.388 e. The van der Waals surface area contributed by atoms with Gasteiger partial charge in [0.2, 0.25) is 0 Å². The molecular weight excluding hydrogens is 304 g/mol. The molecule has 0 bridgehead atoms. The van der Waals surface area contributed by atoms with E-state index >= 15 is 0 Å². The van der Waals surface area contributed by atoms with Gasteiger partial charge in [-0.05, 0) is 67.4 Å². The molecule has 3 aliphatic rings. The maximum absolute atomic E-state index is 13.1. The van der Waals surface area contributed by atoms with Gasteiger partial charge in [-0.15, -0.1) is 0 Å². The third kappa shape index (κ3) is 2.67. The van der Waals surface area contributed by atoms with Crippen molar-refractivity contribution in [2.75, 3.05) is 0 Å². The molecule has 0 aliphatic heterocycles. The highest BCUT2D eigenvalue weighted by atomic mass is 16.3. The lowest BCUT2D eigenvalue weighted by molar-refractivity contribution is -0.138. The van der Waals surface area contributed by atoms with Crippen LogP contribution in [-0.2, 0) is 4.79 Å². The van der Waals surface area contributed by atoms with Crippen molar-refractivity contribution >= 4 is 5.78 Å². The summed E-state index contributed by atoms with van der Waals surface area (Å²) >= 11 is 0. The molecule has 24 heavy (non-hydrogen) atoms. The topological polar surface area (TPSA) is 77.8 Å². The maximum Gasteiger partial charge on any atom is 0.171 e. The van der Waals surface area contributed by atoms with Crippen molar-refractivity contribution in [1.29, 1.82) is 0 Å². The average molecular weight is 336 g/mol. The molecule has 136 valence electrons. The molecule has 0 aromatic carbocycles. The van der Waals surface area contributed by atoms with Crippen molar-refractivity contribution < 1.29 is 20.1 Å². The van der Waals surface area contributed by atoms with Crippen LogP contribution in [-0.4, -0.2) is 38.4 Å². The molecular formula is C20H32O4. The Morgan fingerprint density at radius 2 is 1.75 bits per heavy atom. The van der Waals surface area contributed by atoms with Crippen molar-refractivity contribution in [3.05, 3.63) is 11.6 Å². The van der Waals surface area contributed by atoms with Crippen LogP contribution < -0.4 is 0 Å². The Morgan fingerprint density at radius 3 is 2.38 bits per heavy atom. The third-order valence-corrected chi connectivity index (χ3v) is 7.13. The smallest absolute Gasteiger partial charge is 0.171 e. The average Bonchev–Trinajstić information content (AvgIpc) is 2.91. The number of hydrogen-bond donors (Lipinski definition) is 3. The van der Waals surface area contributed by atoms with Gasteiger partial charge in [0.1, 0.15) is 5.60 Å². The van der Waals surface area contributed by atoms with Crippen LogP contribution in [0.15, 0.2) is 11.6 Å². The van der Waals surface area contributed by atoms with Crippen molar-refractivity contribution in [1.82, 2.24) is 0 Å². The summed E-state index contributed by atoms with van der Waals surface area (Å²) in [4.78, 5) is 13.1. The number of aliphatic hydroxyl groups excluding tert-OH is 1. The van der Waals surface area contributed by atoms with Gasteiger partial charge in [-0.3, -0.25) is 4.79 Å². The van der Waals surface area contributed by atoms with Gasteiger partial charge in [0.15, 0.2) is 5.78 Å². The zero-order valence-corrected chi connectivity index (χ0v) is 15.5. The molecule has 2 fully saturated rings. The first-order chi connectivity index (χ1) is 10.9. The van der Waals surface area contributed by atoms with E-state index in [0.29, 0.717) is 23.8 Å². The molecule has 4 heteroatoms. The van der Waals surface area contributed by atoms with E-state index in [-0.39, 0.29) is 29.5 Å². The lowest BCUT2D eigenvalue weighted by Gasteiger charge is -2.30. The zero-order chi connectivity index (χ0) is 18.1. The van der Waals surface area contributed by atoms with Crippen molar-refractivity contribution in [3.63, 3.8) is 0 Å². The van der Waals surface area contributed by atoms with Crippen LogP contribution in [0.2, 0.25) is 0 Å². The molecule has 3 aliphatic carbocycles. The van der Waals surface area contributed by atoms with Gasteiger partial charge in [0.25, 0.3) is 0 Å². The molecule has 7 atom stereocenters. The fourth-order valence-electron chi connectivity index (χ4n) is 5.34. The molecule has 0 heterocycles. The van der Waals surface area contributed by atoms with Crippen LogP contribution in [0.3, 0.4) is 0 Å². The molecule has 4 nitrogen and oxygen atoms in total. The Kier molecular flexibility index (Phi) is 4.06. The normalized spacial score (nSPS) is 53.4. The Hall–Kier alpha value is -0.710. The predicted molar refractivity (Wildman–Crippen MR) is 92.2 cm³/mol. The monoisotopic (exact) mass is 336 g/mol. The predicted octanol–water partition coefficient (Wildman–Crippen LogP) is 2.46. The van der Waals surface area contributed by atoms with E-state index in [1.54, 1.807) is 13.0 Å². The maximum atomic E-state index is 13.1. The number of carbonyl (C=O) groups is 1. The molecule has 0 radical (unpaired) electrons. The SMILES string of the molecule is C[C@H]1C[C@@H]2[C@H](CC[C@](C)(O)/C=C3/[C@H](O)[C@@H](C)C[C@@]3(O)C1=O)C2(C)C. The molecule has 3 rings (SSSR count). The van der Waals surface area contributed by atoms with Crippen LogP contribution in [0.1, 0.15) is 60.3 Å². The summed E-state index contributed by atoms with van der Waals surface area (Å²) in [5, 5.41) is 32.5. The highest BCUT2D eigenvalue weighted by Gasteiger charge is 2.59. The molecule has 0 unspecified atom stereocenters. The van der Waals surface area contributed by atoms with E-state index in [1.165, 1.54) is 0 Å². The van der Waals surface area contributed by atoms with Crippen LogP contribution in [0, 0.1) is 29.1 Å². The third-order valence-electron chi connectivity index (χ3n) is 7.13. The van der Waals surface area contributed by atoms with Crippen LogP contribution in [0.25, 0.3) is 0 Å². The summed E-state index contributed by atoms with van der Waals surface area (Å²) in [5.41, 5.74) is -2.25. The summed E-state index contributed by atoms with van der Waals surface area (Å²) in [5.74, 6) is 0.334. The zero-order valence-electron chi connectivity index (χ0n) is 15.5. The Morgan fingerprint density at radius 1 is 1.12 bits per heavy atom. The second kappa shape index (κ2) is 5.39. The lowest BCUT2D eigenvalue weighted by atomic mass is 9.80.